The van der Waals surface area contributed by atoms with Crippen LogP contribution in [0.25, 0.3) is 0 Å². The van der Waals surface area contributed by atoms with Gasteiger partial charge in [-0.2, -0.15) is 18.4 Å². The van der Waals surface area contributed by atoms with Crippen LogP contribution in [-0.4, -0.2) is 23.5 Å². The summed E-state index contributed by atoms with van der Waals surface area (Å²) >= 11 is -0.654. The summed E-state index contributed by atoms with van der Waals surface area (Å²) in [5, 5.41) is 19.6. The Labute approximate surface area is 114 Å². The van der Waals surface area contributed by atoms with E-state index in [0.717, 1.165) is 19.2 Å². The molecular weight excluding hydrogens is 301 g/mol. The fourth-order valence-electron chi connectivity index (χ4n) is 1.35. The maximum atomic E-state index is 12.4. The molecule has 0 fully saturated rings. The van der Waals surface area contributed by atoms with Gasteiger partial charge in [0, 0.05) is 11.0 Å². The summed E-state index contributed by atoms with van der Waals surface area (Å²) in [4.78, 5) is 20.6. The van der Waals surface area contributed by atoms with Crippen molar-refractivity contribution in [2.24, 2.45) is 0 Å². The second kappa shape index (κ2) is 5.79. The van der Waals surface area contributed by atoms with Gasteiger partial charge in [0.25, 0.3) is 5.69 Å². The van der Waals surface area contributed by atoms with Crippen molar-refractivity contribution in [3.63, 3.8) is 0 Å². The number of nitro groups is 1. The van der Waals surface area contributed by atoms with E-state index in [9.17, 15) is 28.1 Å². The normalized spacial score (nSPS) is 10.8. The molecule has 0 N–H and O–H groups in total. The van der Waals surface area contributed by atoms with E-state index in [-0.39, 0.29) is 0 Å². The van der Waals surface area contributed by atoms with Crippen LogP contribution in [0.15, 0.2) is 17.0 Å². The van der Waals surface area contributed by atoms with Gasteiger partial charge in [0.05, 0.1) is 17.6 Å². The van der Waals surface area contributed by atoms with E-state index in [1.807, 2.05) is 0 Å². The molecule has 6 nitrogen and oxygen atoms in total. The largest absolute Gasteiger partial charge is 0.465 e. The maximum Gasteiger partial charge on any atom is 0.446 e. The Balaban J connectivity index is 3.59. The molecule has 0 aliphatic rings. The van der Waals surface area contributed by atoms with Gasteiger partial charge in [0.1, 0.15) is 11.6 Å². The lowest BCUT2D eigenvalue weighted by molar-refractivity contribution is -0.385. The number of benzene rings is 1. The molecule has 0 radical (unpaired) electrons. The van der Waals surface area contributed by atoms with Gasteiger partial charge in [0.15, 0.2) is 0 Å². The number of methoxy groups -OCH3 is 1. The molecule has 0 saturated carbocycles. The quantitative estimate of drug-likeness (QED) is 0.369. The molecule has 0 saturated heterocycles. The van der Waals surface area contributed by atoms with Crippen molar-refractivity contribution in [1.29, 1.82) is 5.26 Å². The number of ether oxygens (including phenoxy) is 1. The number of alkyl halides is 3. The highest BCUT2D eigenvalue weighted by atomic mass is 32.2. The molecular formula is C10H5F3N2O4S. The Morgan fingerprint density at radius 3 is 2.50 bits per heavy atom. The number of carbonyl (C=O) groups is 1. The zero-order valence-corrected chi connectivity index (χ0v) is 10.5. The first kappa shape index (κ1) is 15.8. The number of halogens is 3. The van der Waals surface area contributed by atoms with Gasteiger partial charge in [-0.1, -0.05) is 0 Å². The Morgan fingerprint density at radius 2 is 2.10 bits per heavy atom. The molecule has 0 aliphatic heterocycles. The van der Waals surface area contributed by atoms with Gasteiger partial charge in [-0.25, -0.2) is 4.79 Å². The standard InChI is InChI=1S/C10H5F3N2O4S/c1-19-9(16)8-5(4-14)6(15(17)18)2-3-7(8)20-10(11,12)13/h2-3H,1H3. The minimum absolute atomic E-state index is 0.633. The van der Waals surface area contributed by atoms with Crippen LogP contribution < -0.4 is 0 Å². The van der Waals surface area contributed by atoms with Crippen LogP contribution in [-0.2, 0) is 4.74 Å². The SMILES string of the molecule is COC(=O)c1c(SC(F)(F)F)ccc([N+](=O)[O-])c1C#N. The predicted octanol–water partition coefficient (Wildman–Crippen LogP) is 2.86. The second-order valence-corrected chi connectivity index (χ2v) is 4.35. The zero-order valence-electron chi connectivity index (χ0n) is 9.72. The molecule has 0 aliphatic carbocycles. The average molecular weight is 306 g/mol. The molecule has 0 unspecified atom stereocenters. The van der Waals surface area contributed by atoms with Crippen molar-refractivity contribution < 1.29 is 27.6 Å². The van der Waals surface area contributed by atoms with E-state index in [1.54, 1.807) is 0 Å². The van der Waals surface area contributed by atoms with Crippen LogP contribution >= 0.6 is 11.8 Å². The number of nitriles is 1. The van der Waals surface area contributed by atoms with Crippen molar-refractivity contribution in [2.75, 3.05) is 7.11 Å². The van der Waals surface area contributed by atoms with Crippen LogP contribution in [0.2, 0.25) is 0 Å². The summed E-state index contributed by atoms with van der Waals surface area (Å²) in [7, 11) is 0.893. The lowest BCUT2D eigenvalue weighted by Gasteiger charge is -2.11. The van der Waals surface area contributed by atoms with Gasteiger partial charge in [-0.3, -0.25) is 10.1 Å². The highest BCUT2D eigenvalue weighted by Gasteiger charge is 2.34. The summed E-state index contributed by atoms with van der Waals surface area (Å²) in [5.41, 5.74) is -7.02. The van der Waals surface area contributed by atoms with Gasteiger partial charge in [0.2, 0.25) is 0 Å². The van der Waals surface area contributed by atoms with Crippen LogP contribution in [0.1, 0.15) is 15.9 Å². The third-order valence-corrected chi connectivity index (χ3v) is 2.86. The molecule has 10 heteroatoms. The minimum atomic E-state index is -4.72. The van der Waals surface area contributed by atoms with Crippen LogP contribution in [0.3, 0.4) is 0 Å². The first-order chi connectivity index (χ1) is 9.21. The topological polar surface area (TPSA) is 93.2 Å². The molecule has 1 aromatic carbocycles. The Kier molecular flexibility index (Phi) is 4.57. The van der Waals surface area contributed by atoms with Gasteiger partial charge < -0.3 is 4.74 Å². The number of esters is 1. The van der Waals surface area contributed by atoms with Crippen molar-refractivity contribution in [1.82, 2.24) is 0 Å². The predicted molar refractivity (Wildman–Crippen MR) is 61.1 cm³/mol. The average Bonchev–Trinajstić information content (AvgIpc) is 2.34. The Morgan fingerprint density at radius 1 is 1.50 bits per heavy atom. The van der Waals surface area contributed by atoms with Crippen LogP contribution in [0.5, 0.6) is 0 Å². The first-order valence-corrected chi connectivity index (χ1v) is 5.58. The van der Waals surface area contributed by atoms with Gasteiger partial charge in [-0.15, -0.1) is 0 Å². The molecule has 1 rings (SSSR count). The molecule has 106 valence electrons. The van der Waals surface area contributed by atoms with Crippen molar-refractivity contribution in [3.8, 4) is 6.07 Å². The fourth-order valence-corrected chi connectivity index (χ4v) is 2.03. The summed E-state index contributed by atoms with van der Waals surface area (Å²) in [6.07, 6.45) is 0. The summed E-state index contributed by atoms with van der Waals surface area (Å²) < 4.78 is 41.4. The fraction of sp³-hybridized carbons (Fsp3) is 0.200. The minimum Gasteiger partial charge on any atom is -0.465 e. The molecule has 20 heavy (non-hydrogen) atoms. The number of nitrogens with zero attached hydrogens (tertiary/aromatic N) is 2. The maximum absolute atomic E-state index is 12.4. The van der Waals surface area contributed by atoms with Crippen LogP contribution in [0, 0.1) is 21.4 Å². The molecule has 0 spiro atoms. The van der Waals surface area contributed by atoms with E-state index in [4.69, 9.17) is 5.26 Å². The number of hydrogen-bond donors (Lipinski definition) is 0. The summed E-state index contributed by atoms with van der Waals surface area (Å²) in [6.45, 7) is 0. The number of nitro benzene ring substituents is 1. The third kappa shape index (κ3) is 3.39. The molecule has 0 heterocycles. The Hall–Kier alpha value is -2.28. The summed E-state index contributed by atoms with van der Waals surface area (Å²) in [5.74, 6) is -1.25. The second-order valence-electron chi connectivity index (χ2n) is 3.24. The van der Waals surface area contributed by atoms with E-state index >= 15 is 0 Å². The van der Waals surface area contributed by atoms with Crippen molar-refractivity contribution in [2.45, 2.75) is 10.4 Å². The number of hydrogen-bond acceptors (Lipinski definition) is 6. The van der Waals surface area contributed by atoms with Crippen molar-refractivity contribution >= 4 is 23.4 Å². The third-order valence-electron chi connectivity index (χ3n) is 2.07. The number of thioether (sulfide) groups is 1. The van der Waals surface area contributed by atoms with Crippen molar-refractivity contribution in [3.05, 3.63) is 33.4 Å². The number of rotatable bonds is 3. The smallest absolute Gasteiger partial charge is 0.446 e. The molecule has 0 amide bonds. The lowest BCUT2D eigenvalue weighted by Crippen LogP contribution is -2.10. The Bertz CT molecular complexity index is 610. The summed E-state index contributed by atoms with van der Waals surface area (Å²) in [6, 6.07) is 2.85. The highest BCUT2D eigenvalue weighted by Crippen LogP contribution is 2.41. The van der Waals surface area contributed by atoms with E-state index in [2.05, 4.69) is 4.74 Å². The van der Waals surface area contributed by atoms with E-state index in [1.165, 1.54) is 6.07 Å². The molecule has 0 atom stereocenters. The molecule has 1 aromatic rings. The van der Waals surface area contributed by atoms with Gasteiger partial charge in [-0.05, 0) is 17.8 Å². The van der Waals surface area contributed by atoms with Gasteiger partial charge >= 0.3 is 11.5 Å². The molecule has 0 aromatic heterocycles. The molecule has 0 bridgehead atoms. The van der Waals surface area contributed by atoms with E-state index < -0.39 is 49.9 Å². The monoisotopic (exact) mass is 306 g/mol. The van der Waals surface area contributed by atoms with E-state index in [0.29, 0.717) is 0 Å². The zero-order chi connectivity index (χ0) is 15.5. The van der Waals surface area contributed by atoms with Crippen LogP contribution in [0.4, 0.5) is 18.9 Å². The number of carbonyl (C=O) groups excluding carboxylic acids is 1. The highest BCUT2D eigenvalue weighted by molar-refractivity contribution is 8.00. The first-order valence-electron chi connectivity index (χ1n) is 4.76. The lowest BCUT2D eigenvalue weighted by atomic mass is 10.1.